The van der Waals surface area contributed by atoms with Gasteiger partial charge in [-0.2, -0.15) is 0 Å². The third-order valence-electron chi connectivity index (χ3n) is 3.61. The molecule has 1 fully saturated rings. The number of rotatable bonds is 5. The van der Waals surface area contributed by atoms with Gasteiger partial charge in [0.1, 0.15) is 0 Å². The Labute approximate surface area is 102 Å². The van der Waals surface area contributed by atoms with Crippen LogP contribution in [0, 0.1) is 6.92 Å². The normalized spacial score (nSPS) is 20.1. The SMILES string of the molecule is CCC(N)C(c1sccc1C)N(C)C1CC1. The lowest BCUT2D eigenvalue weighted by atomic mass is 10.0. The molecule has 2 atom stereocenters. The molecule has 2 rings (SSSR count). The van der Waals surface area contributed by atoms with Crippen LogP contribution in [0.3, 0.4) is 0 Å². The van der Waals surface area contributed by atoms with Crippen LogP contribution in [0.4, 0.5) is 0 Å². The van der Waals surface area contributed by atoms with Crippen molar-refractivity contribution in [2.75, 3.05) is 7.05 Å². The largest absolute Gasteiger partial charge is 0.326 e. The van der Waals surface area contributed by atoms with Crippen molar-refractivity contribution in [3.05, 3.63) is 21.9 Å². The van der Waals surface area contributed by atoms with Crippen LogP contribution in [-0.4, -0.2) is 24.0 Å². The van der Waals surface area contributed by atoms with E-state index in [0.29, 0.717) is 6.04 Å². The molecule has 0 aliphatic heterocycles. The lowest BCUT2D eigenvalue weighted by Gasteiger charge is -2.32. The molecular weight excluding hydrogens is 216 g/mol. The highest BCUT2D eigenvalue weighted by atomic mass is 32.1. The molecule has 2 unspecified atom stereocenters. The first kappa shape index (κ1) is 12.1. The maximum absolute atomic E-state index is 6.31. The van der Waals surface area contributed by atoms with Crippen LogP contribution >= 0.6 is 11.3 Å². The van der Waals surface area contributed by atoms with Gasteiger partial charge in [-0.05, 0) is 50.2 Å². The summed E-state index contributed by atoms with van der Waals surface area (Å²) in [4.78, 5) is 3.95. The molecule has 0 saturated heterocycles. The molecule has 0 amide bonds. The van der Waals surface area contributed by atoms with Crippen LogP contribution in [0.25, 0.3) is 0 Å². The van der Waals surface area contributed by atoms with Crippen molar-refractivity contribution in [2.45, 2.75) is 51.2 Å². The van der Waals surface area contributed by atoms with E-state index < -0.39 is 0 Å². The molecule has 1 aromatic rings. The Kier molecular flexibility index (Phi) is 3.67. The first-order chi connectivity index (χ1) is 7.65. The van der Waals surface area contributed by atoms with Gasteiger partial charge in [0.2, 0.25) is 0 Å². The van der Waals surface area contributed by atoms with Gasteiger partial charge in [-0.15, -0.1) is 11.3 Å². The highest BCUT2D eigenvalue weighted by molar-refractivity contribution is 7.10. The molecule has 1 heterocycles. The smallest absolute Gasteiger partial charge is 0.0595 e. The van der Waals surface area contributed by atoms with E-state index in [1.807, 2.05) is 11.3 Å². The van der Waals surface area contributed by atoms with Gasteiger partial charge >= 0.3 is 0 Å². The molecule has 90 valence electrons. The Morgan fingerprint density at radius 2 is 2.25 bits per heavy atom. The molecule has 0 radical (unpaired) electrons. The quantitative estimate of drug-likeness (QED) is 0.854. The second kappa shape index (κ2) is 4.86. The predicted molar refractivity (Wildman–Crippen MR) is 70.8 cm³/mol. The summed E-state index contributed by atoms with van der Waals surface area (Å²) >= 11 is 1.85. The van der Waals surface area contributed by atoms with Crippen molar-refractivity contribution >= 4 is 11.3 Å². The summed E-state index contributed by atoms with van der Waals surface area (Å²) in [5.41, 5.74) is 7.70. The molecule has 1 aliphatic rings. The van der Waals surface area contributed by atoms with Gasteiger partial charge in [-0.3, -0.25) is 4.90 Å². The standard InChI is InChI=1S/C13H22N2S/c1-4-11(14)12(15(3)10-5-6-10)13-9(2)7-8-16-13/h7-8,10-12H,4-6,14H2,1-3H3. The Morgan fingerprint density at radius 3 is 2.69 bits per heavy atom. The highest BCUT2D eigenvalue weighted by Gasteiger charge is 2.35. The summed E-state index contributed by atoms with van der Waals surface area (Å²) in [5.74, 6) is 0. The van der Waals surface area contributed by atoms with Gasteiger partial charge in [-0.25, -0.2) is 0 Å². The van der Waals surface area contributed by atoms with Crippen molar-refractivity contribution in [3.8, 4) is 0 Å². The van der Waals surface area contributed by atoms with Crippen molar-refractivity contribution in [1.82, 2.24) is 4.90 Å². The van der Waals surface area contributed by atoms with E-state index in [1.54, 1.807) is 0 Å². The van der Waals surface area contributed by atoms with Crippen molar-refractivity contribution in [3.63, 3.8) is 0 Å². The number of nitrogens with two attached hydrogens (primary N) is 1. The maximum atomic E-state index is 6.31. The predicted octanol–water partition coefficient (Wildman–Crippen LogP) is 2.93. The van der Waals surface area contributed by atoms with Gasteiger partial charge in [0.25, 0.3) is 0 Å². The number of nitrogens with zero attached hydrogens (tertiary/aromatic N) is 1. The van der Waals surface area contributed by atoms with Crippen molar-refractivity contribution < 1.29 is 0 Å². The molecule has 2 nitrogen and oxygen atoms in total. The number of hydrogen-bond donors (Lipinski definition) is 1. The van der Waals surface area contributed by atoms with E-state index in [-0.39, 0.29) is 6.04 Å². The summed E-state index contributed by atoms with van der Waals surface area (Å²) < 4.78 is 0. The summed E-state index contributed by atoms with van der Waals surface area (Å²) in [7, 11) is 2.23. The minimum absolute atomic E-state index is 0.253. The molecule has 2 N–H and O–H groups in total. The zero-order chi connectivity index (χ0) is 11.7. The van der Waals surface area contributed by atoms with E-state index in [9.17, 15) is 0 Å². The number of aryl methyl sites for hydroxylation is 1. The molecule has 1 aromatic heterocycles. The van der Waals surface area contributed by atoms with Gasteiger partial charge in [-0.1, -0.05) is 6.92 Å². The number of likely N-dealkylation sites (N-methyl/N-ethyl adjacent to an activating group) is 1. The van der Waals surface area contributed by atoms with E-state index >= 15 is 0 Å². The van der Waals surface area contributed by atoms with Crippen LogP contribution in [0.1, 0.15) is 42.7 Å². The fourth-order valence-electron chi connectivity index (χ4n) is 2.30. The summed E-state index contributed by atoms with van der Waals surface area (Å²) in [6.07, 6.45) is 3.72. The highest BCUT2D eigenvalue weighted by Crippen LogP contribution is 2.37. The monoisotopic (exact) mass is 238 g/mol. The molecule has 3 heteroatoms. The second-order valence-corrected chi connectivity index (χ2v) is 5.83. The van der Waals surface area contributed by atoms with E-state index in [4.69, 9.17) is 5.73 Å². The van der Waals surface area contributed by atoms with Crippen LogP contribution in [0.15, 0.2) is 11.4 Å². The lowest BCUT2D eigenvalue weighted by molar-refractivity contribution is 0.203. The first-order valence-electron chi connectivity index (χ1n) is 6.16. The molecule has 0 bridgehead atoms. The van der Waals surface area contributed by atoms with Crippen molar-refractivity contribution in [2.24, 2.45) is 5.73 Å². The molecule has 1 aliphatic carbocycles. The summed E-state index contributed by atoms with van der Waals surface area (Å²) in [6, 6.07) is 3.64. The first-order valence-corrected chi connectivity index (χ1v) is 7.04. The minimum Gasteiger partial charge on any atom is -0.326 e. The van der Waals surface area contributed by atoms with E-state index in [0.717, 1.165) is 12.5 Å². The topological polar surface area (TPSA) is 29.3 Å². The zero-order valence-electron chi connectivity index (χ0n) is 10.4. The van der Waals surface area contributed by atoms with Gasteiger partial charge in [0.05, 0.1) is 6.04 Å². The lowest BCUT2D eigenvalue weighted by Crippen LogP contribution is -2.39. The van der Waals surface area contributed by atoms with E-state index in [2.05, 4.69) is 37.2 Å². The molecular formula is C13H22N2S. The van der Waals surface area contributed by atoms with E-state index in [1.165, 1.54) is 23.3 Å². The summed E-state index contributed by atoms with van der Waals surface area (Å²) in [5, 5.41) is 2.18. The molecule has 0 aromatic carbocycles. The van der Waals surface area contributed by atoms with Crippen LogP contribution in [0.2, 0.25) is 0 Å². The zero-order valence-corrected chi connectivity index (χ0v) is 11.3. The Hall–Kier alpha value is -0.380. The summed E-state index contributed by atoms with van der Waals surface area (Å²) in [6.45, 7) is 4.38. The molecule has 16 heavy (non-hydrogen) atoms. The average Bonchev–Trinajstić information content (AvgIpc) is 3.04. The van der Waals surface area contributed by atoms with Gasteiger partial charge < -0.3 is 5.73 Å². The Morgan fingerprint density at radius 1 is 1.56 bits per heavy atom. The Balaban J connectivity index is 2.23. The number of thiophene rings is 1. The fourth-order valence-corrected chi connectivity index (χ4v) is 3.45. The van der Waals surface area contributed by atoms with Crippen molar-refractivity contribution in [1.29, 1.82) is 0 Å². The second-order valence-electron chi connectivity index (χ2n) is 4.88. The maximum Gasteiger partial charge on any atom is 0.0595 e. The van der Waals surface area contributed by atoms with Crippen LogP contribution < -0.4 is 5.73 Å². The van der Waals surface area contributed by atoms with Gasteiger partial charge in [0, 0.05) is 17.0 Å². The minimum atomic E-state index is 0.253. The molecule has 0 spiro atoms. The third-order valence-corrected chi connectivity index (χ3v) is 4.70. The fraction of sp³-hybridized carbons (Fsp3) is 0.692. The van der Waals surface area contributed by atoms with Crippen LogP contribution in [0.5, 0.6) is 0 Å². The average molecular weight is 238 g/mol. The number of hydrogen-bond acceptors (Lipinski definition) is 3. The van der Waals surface area contributed by atoms with Gasteiger partial charge in [0.15, 0.2) is 0 Å². The van der Waals surface area contributed by atoms with Crippen LogP contribution in [-0.2, 0) is 0 Å². The Bertz CT molecular complexity index is 343. The third kappa shape index (κ3) is 2.31. The molecule has 1 saturated carbocycles.